The number of hydrogen-bond acceptors (Lipinski definition) is 9. The minimum Gasteiger partial charge on any atom is -0.462 e. The van der Waals surface area contributed by atoms with Crippen LogP contribution in [0, 0.1) is 23.7 Å². The minimum atomic E-state index is -6.35. The molecule has 0 aromatic rings. The molecule has 3 aliphatic rings. The Kier molecular flexibility index (Phi) is 5.25. The fraction of sp³-hybridized carbons (Fsp3) is 0.714. The number of hydrogen-bond donors (Lipinski definition) is 0. The quantitative estimate of drug-likeness (QED) is 0.396. The lowest BCUT2D eigenvalue weighted by atomic mass is 9.79. The maximum absolute atomic E-state index is 12.4. The Balaban J connectivity index is 1.78. The number of carbonyl (C=O) groups excluding carboxylic acids is 2. The molecule has 0 aromatic heterocycles. The average Bonchev–Trinajstić information content (AvgIpc) is 3.13. The van der Waals surface area contributed by atoms with Crippen LogP contribution in [-0.4, -0.2) is 53.1 Å². The predicted molar refractivity (Wildman–Crippen MR) is 86.4 cm³/mol. The van der Waals surface area contributed by atoms with Crippen molar-refractivity contribution >= 4 is 32.3 Å². The van der Waals surface area contributed by atoms with Crippen LogP contribution in [0.4, 0.5) is 13.2 Å². The monoisotopic (exact) mass is 462 g/mol. The van der Waals surface area contributed by atoms with Gasteiger partial charge in [-0.3, -0.25) is 8.98 Å². The standard InChI is InChI=1S/C14H15F3NO9S2/c1-5(2)12(19)25-4-8-6-3-7-9(8)13(20)26-10(7)11(6)27-29(23,24)18-28(21,22)14(15,16)17/h6-11H,1,3-4H2,2H3/q-1. The Bertz CT molecular complexity index is 959. The SMILES string of the molecule is C=C(C)C(=O)OCC1C2CC3C(OC(=O)C13)C2OS(=O)(=O)[N-]S(=O)(=O)C(F)(F)F. The first-order valence-corrected chi connectivity index (χ1v) is 11.0. The molecule has 3 rings (SSSR count). The summed E-state index contributed by atoms with van der Waals surface area (Å²) in [4.78, 5) is 23.7. The Morgan fingerprint density at radius 1 is 1.28 bits per heavy atom. The van der Waals surface area contributed by atoms with Gasteiger partial charge in [-0.25, -0.2) is 21.6 Å². The van der Waals surface area contributed by atoms with Crippen molar-refractivity contribution in [3.63, 3.8) is 0 Å². The number of rotatable bonds is 7. The first-order valence-electron chi connectivity index (χ1n) is 8.16. The van der Waals surface area contributed by atoms with Crippen LogP contribution in [-0.2, 0) is 43.6 Å². The zero-order valence-corrected chi connectivity index (χ0v) is 16.3. The van der Waals surface area contributed by atoms with E-state index in [4.69, 9.17) is 9.47 Å². The van der Waals surface area contributed by atoms with E-state index in [-0.39, 0.29) is 18.6 Å². The highest BCUT2D eigenvalue weighted by Crippen LogP contribution is 2.59. The summed E-state index contributed by atoms with van der Waals surface area (Å²) in [6.45, 7) is 4.50. The lowest BCUT2D eigenvalue weighted by molar-refractivity contribution is -0.147. The Morgan fingerprint density at radius 2 is 1.90 bits per heavy atom. The summed E-state index contributed by atoms with van der Waals surface area (Å²) in [7, 11) is -11.9. The first kappa shape index (κ1) is 22.0. The Labute approximate surface area is 163 Å². The number of esters is 2. The van der Waals surface area contributed by atoms with Crippen molar-refractivity contribution in [1.29, 1.82) is 0 Å². The van der Waals surface area contributed by atoms with Crippen molar-refractivity contribution in [3.05, 3.63) is 16.3 Å². The molecule has 29 heavy (non-hydrogen) atoms. The molecule has 1 heterocycles. The molecule has 0 amide bonds. The summed E-state index contributed by atoms with van der Waals surface area (Å²) >= 11 is 0. The van der Waals surface area contributed by atoms with E-state index in [0.717, 1.165) is 0 Å². The summed E-state index contributed by atoms with van der Waals surface area (Å²) in [5.74, 6) is -4.07. The van der Waals surface area contributed by atoms with Crippen LogP contribution in [0.5, 0.6) is 0 Å². The second kappa shape index (κ2) is 6.92. The molecule has 1 aliphatic heterocycles. The van der Waals surface area contributed by atoms with Crippen LogP contribution in [0.2, 0.25) is 0 Å². The molecule has 6 atom stereocenters. The highest BCUT2D eigenvalue weighted by molar-refractivity contribution is 8.10. The maximum atomic E-state index is 12.4. The minimum absolute atomic E-state index is 0.0894. The van der Waals surface area contributed by atoms with E-state index in [1.807, 2.05) is 4.13 Å². The number of alkyl halides is 3. The normalized spacial score (nSPS) is 33.6. The Morgan fingerprint density at radius 3 is 2.45 bits per heavy atom. The van der Waals surface area contributed by atoms with E-state index in [1.54, 1.807) is 0 Å². The summed E-state index contributed by atoms with van der Waals surface area (Å²) in [5, 5.41) is 0. The summed E-state index contributed by atoms with van der Waals surface area (Å²) in [5.41, 5.74) is -5.84. The van der Waals surface area contributed by atoms with E-state index in [9.17, 15) is 39.6 Å². The molecule has 2 saturated carbocycles. The number of ether oxygens (including phenoxy) is 2. The second-order valence-corrected chi connectivity index (χ2v) is 10.1. The van der Waals surface area contributed by atoms with Crippen molar-refractivity contribution in [2.75, 3.05) is 6.61 Å². The van der Waals surface area contributed by atoms with Gasteiger partial charge in [-0.2, -0.15) is 13.2 Å². The number of carbonyl (C=O) groups is 2. The van der Waals surface area contributed by atoms with Gasteiger partial charge in [0.2, 0.25) is 10.3 Å². The van der Waals surface area contributed by atoms with E-state index in [0.29, 0.717) is 0 Å². The van der Waals surface area contributed by atoms with Gasteiger partial charge in [-0.1, -0.05) is 6.58 Å². The first-order chi connectivity index (χ1) is 13.1. The summed E-state index contributed by atoms with van der Waals surface area (Å²) in [6.07, 6.45) is -2.31. The van der Waals surface area contributed by atoms with Gasteiger partial charge >= 0.3 is 17.4 Å². The van der Waals surface area contributed by atoms with Crippen LogP contribution >= 0.6 is 0 Å². The lowest BCUT2D eigenvalue weighted by Gasteiger charge is -2.33. The summed E-state index contributed by atoms with van der Waals surface area (Å²) < 4.78 is 99.5. The largest absolute Gasteiger partial charge is 0.480 e. The topological polar surface area (TPSA) is 144 Å². The van der Waals surface area contributed by atoms with Gasteiger partial charge in [-0.05, 0) is 19.3 Å². The van der Waals surface area contributed by atoms with Crippen LogP contribution in [0.3, 0.4) is 0 Å². The van der Waals surface area contributed by atoms with Gasteiger partial charge in [0.1, 0.15) is 12.2 Å². The molecule has 10 nitrogen and oxygen atoms in total. The lowest BCUT2D eigenvalue weighted by Crippen LogP contribution is -2.42. The highest BCUT2D eigenvalue weighted by atomic mass is 32.3. The van der Waals surface area contributed by atoms with Gasteiger partial charge in [0.25, 0.3) is 0 Å². The molecule has 164 valence electrons. The summed E-state index contributed by atoms with van der Waals surface area (Å²) in [6, 6.07) is 0. The maximum Gasteiger partial charge on any atom is 0.480 e. The number of halogens is 3. The van der Waals surface area contributed by atoms with Crippen LogP contribution < -0.4 is 0 Å². The molecule has 2 bridgehead atoms. The van der Waals surface area contributed by atoms with E-state index in [2.05, 4.69) is 10.8 Å². The predicted octanol–water partition coefficient (Wildman–Crippen LogP) is 0.766. The molecule has 2 aliphatic carbocycles. The number of sulfonamides is 1. The molecule has 0 radical (unpaired) electrons. The second-order valence-electron chi connectivity index (χ2n) is 7.02. The van der Waals surface area contributed by atoms with Crippen LogP contribution in [0.15, 0.2) is 12.2 Å². The molecular formula is C14H15F3NO9S2-. The van der Waals surface area contributed by atoms with Gasteiger partial charge in [0, 0.05) is 17.4 Å². The van der Waals surface area contributed by atoms with E-state index < -0.39 is 73.7 Å². The van der Waals surface area contributed by atoms with E-state index >= 15 is 0 Å². The molecule has 3 fully saturated rings. The highest BCUT2D eigenvalue weighted by Gasteiger charge is 2.68. The molecule has 0 aromatic carbocycles. The van der Waals surface area contributed by atoms with Crippen molar-refractivity contribution < 1.29 is 53.3 Å². The Hall–Kier alpha value is -1.71. The fourth-order valence-corrected chi connectivity index (χ4v) is 6.08. The van der Waals surface area contributed by atoms with Crippen molar-refractivity contribution in [2.24, 2.45) is 23.7 Å². The molecule has 15 heteroatoms. The van der Waals surface area contributed by atoms with Gasteiger partial charge in [0.15, 0.2) is 10.0 Å². The van der Waals surface area contributed by atoms with Gasteiger partial charge < -0.3 is 13.6 Å². The average molecular weight is 462 g/mol. The number of nitrogens with zero attached hydrogens (tertiary/aromatic N) is 1. The van der Waals surface area contributed by atoms with Crippen molar-refractivity contribution in [3.8, 4) is 0 Å². The zero-order chi connectivity index (χ0) is 21.9. The van der Waals surface area contributed by atoms with Gasteiger partial charge in [0.05, 0.1) is 12.5 Å². The fourth-order valence-electron chi connectivity index (χ4n) is 4.11. The molecular weight excluding hydrogens is 447 g/mol. The van der Waals surface area contributed by atoms with Crippen molar-refractivity contribution in [2.45, 2.75) is 31.1 Å². The number of fused-ring (bicyclic) bond motifs is 1. The van der Waals surface area contributed by atoms with Gasteiger partial charge in [-0.15, -0.1) is 0 Å². The molecule has 6 unspecified atom stereocenters. The molecule has 0 N–H and O–H groups in total. The third kappa shape index (κ3) is 3.87. The van der Waals surface area contributed by atoms with Crippen LogP contribution in [0.1, 0.15) is 13.3 Å². The smallest absolute Gasteiger partial charge is 0.462 e. The third-order valence-corrected chi connectivity index (χ3v) is 7.74. The molecule has 0 spiro atoms. The third-order valence-electron chi connectivity index (χ3n) is 5.18. The van der Waals surface area contributed by atoms with E-state index in [1.165, 1.54) is 6.92 Å². The zero-order valence-electron chi connectivity index (χ0n) is 14.7. The molecule has 1 saturated heterocycles. The van der Waals surface area contributed by atoms with Crippen LogP contribution in [0.25, 0.3) is 4.13 Å². The van der Waals surface area contributed by atoms with Crippen molar-refractivity contribution in [1.82, 2.24) is 0 Å².